The molecule has 2 N–H and O–H groups in total. The molecule has 2 aliphatic rings. The standard InChI is InChI=1S/C19H27N3O/c1-15-14-23-19(18-6-4-3-5-17(15)18)7-9-22(10-8-19)13-16(11-20)12-21-2/h3-6,11-12,15,20-21H,7-10,13-14H2,1-2H3/b16-12+,20-11?. The zero-order chi connectivity index (χ0) is 16.3. The number of hydrogen-bond donors (Lipinski definition) is 2. The van der Waals surface area contributed by atoms with E-state index >= 15 is 0 Å². The van der Waals surface area contributed by atoms with Crippen LogP contribution in [-0.2, 0) is 10.3 Å². The summed E-state index contributed by atoms with van der Waals surface area (Å²) in [6, 6.07) is 8.80. The predicted octanol–water partition coefficient (Wildman–Crippen LogP) is 2.86. The maximum absolute atomic E-state index is 7.51. The summed E-state index contributed by atoms with van der Waals surface area (Å²) in [7, 11) is 1.88. The number of nitrogens with zero attached hydrogens (tertiary/aromatic N) is 1. The maximum Gasteiger partial charge on any atom is 0.0958 e. The fourth-order valence-corrected chi connectivity index (χ4v) is 3.86. The van der Waals surface area contributed by atoms with Gasteiger partial charge in [0.1, 0.15) is 0 Å². The molecular weight excluding hydrogens is 286 g/mol. The molecule has 1 aromatic rings. The van der Waals surface area contributed by atoms with Gasteiger partial charge in [-0.25, -0.2) is 0 Å². The summed E-state index contributed by atoms with van der Waals surface area (Å²) in [6.07, 6.45) is 5.41. The number of fused-ring (bicyclic) bond motifs is 2. The summed E-state index contributed by atoms with van der Waals surface area (Å²) in [4.78, 5) is 2.42. The Hall–Kier alpha value is -1.65. The van der Waals surface area contributed by atoms with Crippen LogP contribution < -0.4 is 5.32 Å². The lowest BCUT2D eigenvalue weighted by Gasteiger charge is -2.46. The highest BCUT2D eigenvalue weighted by Crippen LogP contribution is 2.44. The Morgan fingerprint density at radius 3 is 2.83 bits per heavy atom. The van der Waals surface area contributed by atoms with Crippen molar-refractivity contribution in [3.05, 3.63) is 47.2 Å². The van der Waals surface area contributed by atoms with Crippen LogP contribution in [0.15, 0.2) is 36.0 Å². The van der Waals surface area contributed by atoms with Gasteiger partial charge < -0.3 is 15.5 Å². The average molecular weight is 313 g/mol. The van der Waals surface area contributed by atoms with E-state index in [0.717, 1.165) is 44.7 Å². The molecule has 23 heavy (non-hydrogen) atoms. The molecule has 1 fully saturated rings. The Kier molecular flexibility index (Phi) is 4.83. The summed E-state index contributed by atoms with van der Waals surface area (Å²) in [6.45, 7) is 5.93. The quantitative estimate of drug-likeness (QED) is 0.840. The van der Waals surface area contributed by atoms with Crippen molar-refractivity contribution in [2.75, 3.05) is 33.3 Å². The highest BCUT2D eigenvalue weighted by molar-refractivity contribution is 5.76. The lowest BCUT2D eigenvalue weighted by Crippen LogP contribution is -2.47. The number of ether oxygens (including phenoxy) is 1. The van der Waals surface area contributed by atoms with E-state index in [4.69, 9.17) is 10.1 Å². The Bertz CT molecular complexity index is 588. The van der Waals surface area contributed by atoms with E-state index in [1.807, 2.05) is 13.2 Å². The van der Waals surface area contributed by atoms with Gasteiger partial charge in [0.15, 0.2) is 0 Å². The highest BCUT2D eigenvalue weighted by atomic mass is 16.5. The second kappa shape index (κ2) is 6.85. The summed E-state index contributed by atoms with van der Waals surface area (Å²) in [5.41, 5.74) is 3.78. The van der Waals surface area contributed by atoms with E-state index in [2.05, 4.69) is 41.4 Å². The molecule has 0 bridgehead atoms. The van der Waals surface area contributed by atoms with Gasteiger partial charge in [-0.15, -0.1) is 0 Å². The van der Waals surface area contributed by atoms with Crippen molar-refractivity contribution >= 4 is 6.21 Å². The van der Waals surface area contributed by atoms with E-state index in [1.54, 1.807) is 0 Å². The zero-order valence-corrected chi connectivity index (χ0v) is 14.1. The topological polar surface area (TPSA) is 48.4 Å². The lowest BCUT2D eigenvalue weighted by molar-refractivity contribution is -0.103. The molecule has 1 saturated heterocycles. The van der Waals surface area contributed by atoms with Gasteiger partial charge in [-0.05, 0) is 29.5 Å². The van der Waals surface area contributed by atoms with Crippen LogP contribution in [0.3, 0.4) is 0 Å². The summed E-state index contributed by atoms with van der Waals surface area (Å²) in [5.74, 6) is 0.484. The average Bonchev–Trinajstić information content (AvgIpc) is 2.60. The number of hydrogen-bond acceptors (Lipinski definition) is 4. The predicted molar refractivity (Wildman–Crippen MR) is 94.1 cm³/mol. The van der Waals surface area contributed by atoms with Gasteiger partial charge in [-0.3, -0.25) is 4.90 Å². The molecule has 0 radical (unpaired) electrons. The summed E-state index contributed by atoms with van der Waals surface area (Å²) < 4.78 is 6.37. The van der Waals surface area contributed by atoms with E-state index in [-0.39, 0.29) is 5.60 Å². The SMILES string of the molecule is CN/C=C(\C=N)CN1CCC2(CC1)OCC(C)c1ccccc12. The van der Waals surface area contributed by atoms with Gasteiger partial charge in [0.05, 0.1) is 12.2 Å². The van der Waals surface area contributed by atoms with Gasteiger partial charge in [0, 0.05) is 45.0 Å². The van der Waals surface area contributed by atoms with Crippen molar-refractivity contribution in [3.8, 4) is 0 Å². The van der Waals surface area contributed by atoms with Crippen LogP contribution in [0.5, 0.6) is 0 Å². The van der Waals surface area contributed by atoms with Crippen molar-refractivity contribution in [2.24, 2.45) is 0 Å². The fraction of sp³-hybridized carbons (Fsp3) is 0.526. The van der Waals surface area contributed by atoms with Crippen molar-refractivity contribution < 1.29 is 4.74 Å². The lowest BCUT2D eigenvalue weighted by atomic mass is 9.77. The number of nitrogens with one attached hydrogen (secondary N) is 2. The minimum absolute atomic E-state index is 0.100. The van der Waals surface area contributed by atoms with E-state index in [9.17, 15) is 0 Å². The molecule has 0 aliphatic carbocycles. The number of likely N-dealkylation sites (tertiary alicyclic amines) is 1. The molecule has 4 nitrogen and oxygen atoms in total. The van der Waals surface area contributed by atoms with Gasteiger partial charge in [-0.1, -0.05) is 31.2 Å². The third-order valence-corrected chi connectivity index (χ3v) is 5.18. The Morgan fingerprint density at radius 1 is 1.39 bits per heavy atom. The maximum atomic E-state index is 7.51. The third-order valence-electron chi connectivity index (χ3n) is 5.18. The minimum atomic E-state index is -0.100. The molecule has 1 aromatic carbocycles. The molecule has 0 amide bonds. The van der Waals surface area contributed by atoms with Gasteiger partial charge in [0.25, 0.3) is 0 Å². The molecule has 2 aliphatic heterocycles. The number of rotatable bonds is 4. The largest absolute Gasteiger partial charge is 0.394 e. The molecular formula is C19H27N3O. The smallest absolute Gasteiger partial charge is 0.0958 e. The molecule has 0 saturated carbocycles. The molecule has 0 aromatic heterocycles. The molecule has 3 rings (SSSR count). The molecule has 124 valence electrons. The number of benzene rings is 1. The first-order valence-corrected chi connectivity index (χ1v) is 8.51. The Labute approximate surface area is 139 Å². The van der Waals surface area contributed by atoms with Crippen LogP contribution in [0.25, 0.3) is 0 Å². The summed E-state index contributed by atoms with van der Waals surface area (Å²) in [5, 5.41) is 10.5. The van der Waals surface area contributed by atoms with Crippen molar-refractivity contribution in [1.82, 2.24) is 10.2 Å². The van der Waals surface area contributed by atoms with Gasteiger partial charge in [-0.2, -0.15) is 0 Å². The van der Waals surface area contributed by atoms with Crippen LogP contribution in [0, 0.1) is 5.41 Å². The fourth-order valence-electron chi connectivity index (χ4n) is 3.86. The second-order valence-corrected chi connectivity index (χ2v) is 6.72. The van der Waals surface area contributed by atoms with Crippen LogP contribution in [0.4, 0.5) is 0 Å². The van der Waals surface area contributed by atoms with E-state index in [0.29, 0.717) is 5.92 Å². The van der Waals surface area contributed by atoms with Crippen molar-refractivity contribution in [3.63, 3.8) is 0 Å². The first-order valence-electron chi connectivity index (χ1n) is 8.51. The molecule has 1 unspecified atom stereocenters. The molecule has 2 heterocycles. The molecule has 1 spiro atoms. The van der Waals surface area contributed by atoms with Crippen LogP contribution >= 0.6 is 0 Å². The minimum Gasteiger partial charge on any atom is -0.394 e. The summed E-state index contributed by atoms with van der Waals surface area (Å²) >= 11 is 0. The normalized spacial score (nSPS) is 24.3. The van der Waals surface area contributed by atoms with Gasteiger partial charge in [0.2, 0.25) is 0 Å². The van der Waals surface area contributed by atoms with Gasteiger partial charge >= 0.3 is 0 Å². The van der Waals surface area contributed by atoms with Crippen molar-refractivity contribution in [2.45, 2.75) is 31.3 Å². The first-order chi connectivity index (χ1) is 11.2. The van der Waals surface area contributed by atoms with E-state index < -0.39 is 0 Å². The zero-order valence-electron chi connectivity index (χ0n) is 14.1. The number of piperidine rings is 1. The van der Waals surface area contributed by atoms with Crippen LogP contribution in [0.2, 0.25) is 0 Å². The second-order valence-electron chi connectivity index (χ2n) is 6.72. The Balaban J connectivity index is 1.73. The first kappa shape index (κ1) is 16.2. The van der Waals surface area contributed by atoms with Crippen LogP contribution in [-0.4, -0.2) is 44.4 Å². The van der Waals surface area contributed by atoms with Crippen molar-refractivity contribution in [1.29, 1.82) is 5.41 Å². The third kappa shape index (κ3) is 3.19. The monoisotopic (exact) mass is 313 g/mol. The molecule has 1 atom stereocenters. The Morgan fingerprint density at radius 2 is 2.13 bits per heavy atom. The van der Waals surface area contributed by atoms with Crippen LogP contribution in [0.1, 0.15) is 36.8 Å². The highest BCUT2D eigenvalue weighted by Gasteiger charge is 2.42. The molecule has 4 heteroatoms. The van der Waals surface area contributed by atoms with E-state index in [1.165, 1.54) is 17.3 Å².